The lowest BCUT2D eigenvalue weighted by atomic mass is 10.0. The van der Waals surface area contributed by atoms with E-state index in [0.29, 0.717) is 6.54 Å². The van der Waals surface area contributed by atoms with Crippen LogP contribution in [0.15, 0.2) is 42.5 Å². The molecule has 17 heavy (non-hydrogen) atoms. The van der Waals surface area contributed by atoms with Crippen LogP contribution in [0.4, 0.5) is 4.39 Å². The molecule has 1 nitrogen and oxygen atoms in total. The highest BCUT2D eigenvalue weighted by Gasteiger charge is 2.01. The summed E-state index contributed by atoms with van der Waals surface area (Å²) >= 11 is 0. The molecule has 0 bridgehead atoms. The van der Waals surface area contributed by atoms with Crippen molar-refractivity contribution in [1.29, 1.82) is 0 Å². The highest BCUT2D eigenvalue weighted by atomic mass is 35.5. The van der Waals surface area contributed by atoms with Crippen LogP contribution in [-0.4, -0.2) is 0 Å². The summed E-state index contributed by atoms with van der Waals surface area (Å²) in [5.41, 5.74) is 9.45. The van der Waals surface area contributed by atoms with Crippen molar-refractivity contribution in [2.24, 2.45) is 5.73 Å². The Bertz CT molecular complexity index is 474. The van der Waals surface area contributed by atoms with Crippen LogP contribution in [0.25, 0.3) is 11.1 Å². The third kappa shape index (κ3) is 3.29. The zero-order chi connectivity index (χ0) is 11.5. The molecule has 2 rings (SSSR count). The Hall–Kier alpha value is -1.38. The molecule has 3 heteroatoms. The van der Waals surface area contributed by atoms with E-state index in [1.165, 1.54) is 6.07 Å². The van der Waals surface area contributed by atoms with E-state index in [0.717, 1.165) is 22.3 Å². The van der Waals surface area contributed by atoms with Gasteiger partial charge in [-0.1, -0.05) is 30.3 Å². The smallest absolute Gasteiger partial charge is 0.124 e. The summed E-state index contributed by atoms with van der Waals surface area (Å²) in [4.78, 5) is 0. The molecule has 0 aliphatic rings. The lowest BCUT2D eigenvalue weighted by Crippen LogP contribution is -1.95. The number of hydrogen-bond donors (Lipinski definition) is 1. The Balaban J connectivity index is 0.00000144. The molecule has 0 spiro atoms. The predicted octanol–water partition coefficient (Wildman–Crippen LogP) is 3.68. The van der Waals surface area contributed by atoms with E-state index in [1.54, 1.807) is 6.07 Å². The number of benzene rings is 2. The molecular formula is C14H15ClFN. The summed E-state index contributed by atoms with van der Waals surface area (Å²) in [5, 5.41) is 0. The molecule has 0 aliphatic carbocycles. The van der Waals surface area contributed by atoms with E-state index in [4.69, 9.17) is 5.73 Å². The quantitative estimate of drug-likeness (QED) is 0.866. The van der Waals surface area contributed by atoms with Crippen LogP contribution in [0.1, 0.15) is 11.1 Å². The van der Waals surface area contributed by atoms with E-state index >= 15 is 0 Å². The SMILES string of the molecule is Cc1cc(F)cc(-c2ccc(CN)cc2)c1.Cl. The van der Waals surface area contributed by atoms with Gasteiger partial charge in [-0.3, -0.25) is 0 Å². The normalized spacial score (nSPS) is 9.82. The minimum atomic E-state index is -0.196. The Kier molecular flexibility index (Phi) is 4.67. The lowest BCUT2D eigenvalue weighted by molar-refractivity contribution is 0.627. The van der Waals surface area contributed by atoms with Crippen molar-refractivity contribution in [2.45, 2.75) is 13.5 Å². The molecule has 0 aromatic heterocycles. The van der Waals surface area contributed by atoms with E-state index in [2.05, 4.69) is 0 Å². The first kappa shape index (κ1) is 13.7. The molecule has 0 saturated carbocycles. The number of aryl methyl sites for hydroxylation is 1. The minimum absolute atomic E-state index is 0. The van der Waals surface area contributed by atoms with Gasteiger partial charge in [0.05, 0.1) is 0 Å². The first-order chi connectivity index (χ1) is 7.69. The van der Waals surface area contributed by atoms with Gasteiger partial charge in [-0.15, -0.1) is 12.4 Å². The van der Waals surface area contributed by atoms with Gasteiger partial charge >= 0.3 is 0 Å². The maximum atomic E-state index is 13.2. The van der Waals surface area contributed by atoms with Crippen LogP contribution in [0.2, 0.25) is 0 Å². The van der Waals surface area contributed by atoms with Crippen molar-refractivity contribution in [1.82, 2.24) is 0 Å². The number of rotatable bonds is 2. The van der Waals surface area contributed by atoms with Crippen molar-refractivity contribution in [3.63, 3.8) is 0 Å². The van der Waals surface area contributed by atoms with Crippen molar-refractivity contribution in [3.8, 4) is 11.1 Å². The number of halogens is 2. The Morgan fingerprint density at radius 3 is 2.18 bits per heavy atom. The van der Waals surface area contributed by atoms with E-state index in [-0.39, 0.29) is 18.2 Å². The van der Waals surface area contributed by atoms with Crippen LogP contribution in [-0.2, 0) is 6.54 Å². The van der Waals surface area contributed by atoms with Crippen molar-refractivity contribution < 1.29 is 4.39 Å². The first-order valence-electron chi connectivity index (χ1n) is 5.25. The zero-order valence-corrected chi connectivity index (χ0v) is 10.4. The summed E-state index contributed by atoms with van der Waals surface area (Å²) in [7, 11) is 0. The molecule has 0 amide bonds. The average Bonchev–Trinajstić information content (AvgIpc) is 2.28. The fourth-order valence-corrected chi connectivity index (χ4v) is 1.74. The van der Waals surface area contributed by atoms with Gasteiger partial charge in [0.2, 0.25) is 0 Å². The highest BCUT2D eigenvalue weighted by Crippen LogP contribution is 2.22. The molecule has 0 fully saturated rings. The fraction of sp³-hybridized carbons (Fsp3) is 0.143. The summed E-state index contributed by atoms with van der Waals surface area (Å²) in [6.07, 6.45) is 0. The molecule has 0 unspecified atom stereocenters. The summed E-state index contributed by atoms with van der Waals surface area (Å²) < 4.78 is 13.2. The zero-order valence-electron chi connectivity index (χ0n) is 9.61. The Morgan fingerprint density at radius 2 is 1.65 bits per heavy atom. The minimum Gasteiger partial charge on any atom is -0.326 e. The van der Waals surface area contributed by atoms with Crippen molar-refractivity contribution in [3.05, 3.63) is 59.4 Å². The topological polar surface area (TPSA) is 26.0 Å². The summed E-state index contributed by atoms with van der Waals surface area (Å²) in [6, 6.07) is 12.9. The van der Waals surface area contributed by atoms with Crippen molar-refractivity contribution in [2.75, 3.05) is 0 Å². The molecule has 2 aromatic rings. The maximum Gasteiger partial charge on any atom is 0.124 e. The van der Waals surface area contributed by atoms with Crippen LogP contribution >= 0.6 is 12.4 Å². The molecule has 2 aromatic carbocycles. The molecule has 0 aliphatic heterocycles. The Morgan fingerprint density at radius 1 is 1.00 bits per heavy atom. The van der Waals surface area contributed by atoms with Crippen LogP contribution in [0.5, 0.6) is 0 Å². The second kappa shape index (κ2) is 5.80. The molecule has 0 atom stereocenters. The lowest BCUT2D eigenvalue weighted by Gasteiger charge is -2.04. The summed E-state index contributed by atoms with van der Waals surface area (Å²) in [6.45, 7) is 2.42. The van der Waals surface area contributed by atoms with Crippen LogP contribution in [0, 0.1) is 12.7 Å². The van der Waals surface area contributed by atoms with Gasteiger partial charge in [0.1, 0.15) is 5.82 Å². The second-order valence-corrected chi connectivity index (χ2v) is 3.92. The molecule has 0 saturated heterocycles. The van der Waals surface area contributed by atoms with Crippen molar-refractivity contribution >= 4 is 12.4 Å². The Labute approximate surface area is 107 Å². The van der Waals surface area contributed by atoms with E-state index < -0.39 is 0 Å². The fourth-order valence-electron chi connectivity index (χ4n) is 1.74. The second-order valence-electron chi connectivity index (χ2n) is 3.92. The van der Waals surface area contributed by atoms with E-state index in [1.807, 2.05) is 37.3 Å². The molecule has 0 radical (unpaired) electrons. The van der Waals surface area contributed by atoms with Crippen LogP contribution in [0.3, 0.4) is 0 Å². The standard InChI is InChI=1S/C14H14FN.ClH/c1-10-6-13(8-14(15)7-10)12-4-2-11(9-16)3-5-12;/h2-8H,9,16H2,1H3;1H. The maximum absolute atomic E-state index is 13.2. The molecule has 0 heterocycles. The van der Waals surface area contributed by atoms with Gasteiger partial charge in [0, 0.05) is 6.54 Å². The van der Waals surface area contributed by atoms with Gasteiger partial charge in [-0.05, 0) is 41.3 Å². The number of hydrogen-bond acceptors (Lipinski definition) is 1. The first-order valence-corrected chi connectivity index (χ1v) is 5.25. The van der Waals surface area contributed by atoms with Gasteiger partial charge in [0.15, 0.2) is 0 Å². The monoisotopic (exact) mass is 251 g/mol. The van der Waals surface area contributed by atoms with Gasteiger partial charge in [-0.25, -0.2) is 4.39 Å². The van der Waals surface area contributed by atoms with Gasteiger partial charge in [-0.2, -0.15) is 0 Å². The number of nitrogens with two attached hydrogens (primary N) is 1. The predicted molar refractivity (Wildman–Crippen MR) is 71.7 cm³/mol. The third-order valence-electron chi connectivity index (χ3n) is 2.57. The highest BCUT2D eigenvalue weighted by molar-refractivity contribution is 5.85. The van der Waals surface area contributed by atoms with Gasteiger partial charge < -0.3 is 5.73 Å². The average molecular weight is 252 g/mol. The summed E-state index contributed by atoms with van der Waals surface area (Å²) in [5.74, 6) is -0.196. The largest absolute Gasteiger partial charge is 0.326 e. The molecule has 2 N–H and O–H groups in total. The van der Waals surface area contributed by atoms with Gasteiger partial charge in [0.25, 0.3) is 0 Å². The molecule has 90 valence electrons. The van der Waals surface area contributed by atoms with Crippen LogP contribution < -0.4 is 5.73 Å². The molecular weight excluding hydrogens is 237 g/mol. The van der Waals surface area contributed by atoms with E-state index in [9.17, 15) is 4.39 Å². The third-order valence-corrected chi connectivity index (χ3v) is 2.57.